The predicted octanol–water partition coefficient (Wildman–Crippen LogP) is 2.76. The molecule has 0 unspecified atom stereocenters. The van der Waals surface area contributed by atoms with Crippen LogP contribution in [0.25, 0.3) is 0 Å². The lowest BCUT2D eigenvalue weighted by atomic mass is 10.2. The van der Waals surface area contributed by atoms with Crippen molar-refractivity contribution in [1.82, 2.24) is 14.7 Å². The Morgan fingerprint density at radius 2 is 2.20 bits per heavy atom. The van der Waals surface area contributed by atoms with Crippen molar-refractivity contribution < 1.29 is 0 Å². The fraction of sp³-hybridized carbons (Fsp3) is 0.714. The minimum Gasteiger partial charge on any atom is -0.393 e. The third kappa shape index (κ3) is 3.71. The van der Waals surface area contributed by atoms with E-state index in [0.29, 0.717) is 11.0 Å². The van der Waals surface area contributed by atoms with Gasteiger partial charge in [-0.3, -0.25) is 9.58 Å². The summed E-state index contributed by atoms with van der Waals surface area (Å²) in [5.41, 5.74) is 7.75. The molecule has 0 spiro atoms. The SMILES string of the molecule is CCc1nn(CC)c(CN(CCC(N)=S)C2CC2)c1Cl. The summed E-state index contributed by atoms with van der Waals surface area (Å²) in [4.78, 5) is 3.02. The van der Waals surface area contributed by atoms with Crippen LogP contribution in [0.4, 0.5) is 0 Å². The minimum atomic E-state index is 0.583. The van der Waals surface area contributed by atoms with Crippen LogP contribution in [0.2, 0.25) is 5.02 Å². The van der Waals surface area contributed by atoms with Gasteiger partial charge in [-0.05, 0) is 26.2 Å². The molecule has 1 saturated carbocycles. The van der Waals surface area contributed by atoms with E-state index in [9.17, 15) is 0 Å². The zero-order valence-electron chi connectivity index (χ0n) is 12.2. The molecule has 0 bridgehead atoms. The maximum atomic E-state index is 6.48. The Morgan fingerprint density at radius 1 is 1.50 bits per heavy atom. The number of aryl methyl sites for hydroxylation is 2. The molecule has 2 N–H and O–H groups in total. The van der Waals surface area contributed by atoms with Crippen LogP contribution in [-0.2, 0) is 19.5 Å². The zero-order valence-corrected chi connectivity index (χ0v) is 13.8. The number of rotatable bonds is 8. The molecule has 4 nitrogen and oxygen atoms in total. The molecule has 0 radical (unpaired) electrons. The molecule has 1 aliphatic rings. The lowest BCUT2D eigenvalue weighted by Gasteiger charge is -2.22. The van der Waals surface area contributed by atoms with Crippen LogP contribution in [-0.4, -0.2) is 32.3 Å². The highest BCUT2D eigenvalue weighted by molar-refractivity contribution is 7.80. The largest absolute Gasteiger partial charge is 0.393 e. The Bertz CT molecular complexity index is 482. The van der Waals surface area contributed by atoms with Crippen LogP contribution in [0.5, 0.6) is 0 Å². The Kier molecular flexibility index (Phi) is 5.41. The Balaban J connectivity index is 2.13. The Morgan fingerprint density at radius 3 is 2.70 bits per heavy atom. The summed E-state index contributed by atoms with van der Waals surface area (Å²) in [5.74, 6) is 0. The average Bonchev–Trinajstić information content (AvgIpc) is 3.21. The molecule has 1 fully saturated rings. The van der Waals surface area contributed by atoms with E-state index in [1.807, 2.05) is 4.68 Å². The van der Waals surface area contributed by atoms with Gasteiger partial charge < -0.3 is 5.73 Å². The number of hydrogen-bond donors (Lipinski definition) is 1. The van der Waals surface area contributed by atoms with Crippen molar-refractivity contribution in [2.75, 3.05) is 6.54 Å². The molecule has 1 aliphatic carbocycles. The van der Waals surface area contributed by atoms with Gasteiger partial charge in [-0.1, -0.05) is 30.7 Å². The first kappa shape index (κ1) is 15.7. The van der Waals surface area contributed by atoms with Crippen molar-refractivity contribution in [3.8, 4) is 0 Å². The molecular formula is C14H23ClN4S. The van der Waals surface area contributed by atoms with Gasteiger partial charge in [0.15, 0.2) is 0 Å². The quantitative estimate of drug-likeness (QED) is 0.750. The molecule has 0 aromatic carbocycles. The number of hydrogen-bond acceptors (Lipinski definition) is 3. The predicted molar refractivity (Wildman–Crippen MR) is 87.1 cm³/mol. The van der Waals surface area contributed by atoms with E-state index in [4.69, 9.17) is 29.6 Å². The summed E-state index contributed by atoms with van der Waals surface area (Å²) in [5, 5.41) is 5.41. The zero-order chi connectivity index (χ0) is 14.7. The van der Waals surface area contributed by atoms with Gasteiger partial charge in [0, 0.05) is 32.1 Å². The molecule has 112 valence electrons. The lowest BCUT2D eigenvalue weighted by Crippen LogP contribution is -2.30. The number of thiocarbonyl (C=S) groups is 1. The lowest BCUT2D eigenvalue weighted by molar-refractivity contribution is 0.254. The van der Waals surface area contributed by atoms with Gasteiger partial charge in [0.1, 0.15) is 0 Å². The van der Waals surface area contributed by atoms with Crippen LogP contribution in [0, 0.1) is 0 Å². The van der Waals surface area contributed by atoms with Crippen molar-refractivity contribution in [1.29, 1.82) is 0 Å². The number of halogens is 1. The first-order valence-corrected chi connectivity index (χ1v) is 8.11. The molecule has 0 amide bonds. The monoisotopic (exact) mass is 314 g/mol. The highest BCUT2D eigenvalue weighted by Crippen LogP contribution is 2.31. The van der Waals surface area contributed by atoms with E-state index in [1.54, 1.807) is 0 Å². The molecule has 6 heteroatoms. The van der Waals surface area contributed by atoms with E-state index in [0.717, 1.165) is 48.9 Å². The average molecular weight is 315 g/mol. The molecule has 0 aliphatic heterocycles. The van der Waals surface area contributed by atoms with Crippen molar-refractivity contribution in [2.45, 2.75) is 58.7 Å². The molecule has 2 rings (SSSR count). The normalized spacial score (nSPS) is 15.0. The first-order chi connectivity index (χ1) is 9.56. The molecule has 20 heavy (non-hydrogen) atoms. The third-order valence-electron chi connectivity index (χ3n) is 3.76. The van der Waals surface area contributed by atoms with Crippen molar-refractivity contribution >= 4 is 28.8 Å². The number of nitrogens with zero attached hydrogens (tertiary/aromatic N) is 3. The van der Waals surface area contributed by atoms with Crippen LogP contribution in [0.1, 0.15) is 44.5 Å². The maximum absolute atomic E-state index is 6.48. The highest BCUT2D eigenvalue weighted by atomic mass is 35.5. The van der Waals surface area contributed by atoms with Gasteiger partial charge in [-0.25, -0.2) is 0 Å². The number of aromatic nitrogens is 2. The molecule has 1 aromatic heterocycles. The molecule has 1 aromatic rings. The van der Waals surface area contributed by atoms with E-state index >= 15 is 0 Å². The topological polar surface area (TPSA) is 47.1 Å². The van der Waals surface area contributed by atoms with Gasteiger partial charge >= 0.3 is 0 Å². The second kappa shape index (κ2) is 6.87. The van der Waals surface area contributed by atoms with Crippen LogP contribution in [0.15, 0.2) is 0 Å². The van der Waals surface area contributed by atoms with E-state index < -0.39 is 0 Å². The smallest absolute Gasteiger partial charge is 0.0863 e. The van der Waals surface area contributed by atoms with Gasteiger partial charge in [0.05, 0.1) is 21.4 Å². The second-order valence-electron chi connectivity index (χ2n) is 5.29. The second-order valence-corrected chi connectivity index (χ2v) is 6.20. The standard InChI is InChI=1S/C14H23ClN4S/c1-3-11-14(15)12(19(4-2)17-11)9-18(10-5-6-10)8-7-13(16)20/h10H,3-9H2,1-2H3,(H2,16,20). The van der Waals surface area contributed by atoms with Crippen LogP contribution < -0.4 is 5.73 Å². The Hall–Kier alpha value is -0.650. The van der Waals surface area contributed by atoms with Crippen LogP contribution >= 0.6 is 23.8 Å². The Labute approximate surface area is 131 Å². The fourth-order valence-electron chi connectivity index (χ4n) is 2.44. The summed E-state index contributed by atoms with van der Waals surface area (Å²) < 4.78 is 2.03. The summed E-state index contributed by atoms with van der Waals surface area (Å²) in [7, 11) is 0. The molecule has 1 heterocycles. The van der Waals surface area contributed by atoms with Crippen molar-refractivity contribution in [2.24, 2.45) is 5.73 Å². The third-order valence-corrected chi connectivity index (χ3v) is 4.40. The van der Waals surface area contributed by atoms with Gasteiger partial charge in [-0.2, -0.15) is 5.10 Å². The maximum Gasteiger partial charge on any atom is 0.0863 e. The number of nitrogens with two attached hydrogens (primary N) is 1. The molecule has 0 saturated heterocycles. The van der Waals surface area contributed by atoms with Crippen LogP contribution in [0.3, 0.4) is 0 Å². The highest BCUT2D eigenvalue weighted by Gasteiger charge is 2.30. The van der Waals surface area contributed by atoms with Crippen molar-refractivity contribution in [3.05, 3.63) is 16.4 Å². The first-order valence-electron chi connectivity index (χ1n) is 7.33. The van der Waals surface area contributed by atoms with E-state index in [-0.39, 0.29) is 0 Å². The van der Waals surface area contributed by atoms with Crippen molar-refractivity contribution in [3.63, 3.8) is 0 Å². The van der Waals surface area contributed by atoms with E-state index in [1.165, 1.54) is 12.8 Å². The fourth-order valence-corrected chi connectivity index (χ4v) is 2.86. The molecule has 0 atom stereocenters. The summed E-state index contributed by atoms with van der Waals surface area (Å²) >= 11 is 11.5. The van der Waals surface area contributed by atoms with Gasteiger partial charge in [0.25, 0.3) is 0 Å². The van der Waals surface area contributed by atoms with E-state index in [2.05, 4.69) is 23.8 Å². The van der Waals surface area contributed by atoms with Gasteiger partial charge in [0.2, 0.25) is 0 Å². The van der Waals surface area contributed by atoms with Gasteiger partial charge in [-0.15, -0.1) is 0 Å². The summed E-state index contributed by atoms with van der Waals surface area (Å²) in [6.45, 7) is 6.79. The summed E-state index contributed by atoms with van der Waals surface area (Å²) in [6.07, 6.45) is 4.16. The minimum absolute atomic E-state index is 0.583. The summed E-state index contributed by atoms with van der Waals surface area (Å²) in [6, 6.07) is 0.658. The molecular weight excluding hydrogens is 292 g/mol.